The van der Waals surface area contributed by atoms with Crippen molar-refractivity contribution in [2.45, 2.75) is 71.4 Å². The SMILES string of the molecule is CC(C)Br.CC(C)OC(=O)CCc1ccc(OC(C)C)cc1. The molecule has 0 radical (unpaired) electrons. The van der Waals surface area contributed by atoms with Crippen LogP contribution >= 0.6 is 15.9 Å². The lowest BCUT2D eigenvalue weighted by Gasteiger charge is -2.10. The third kappa shape index (κ3) is 12.7. The van der Waals surface area contributed by atoms with E-state index in [2.05, 4.69) is 29.8 Å². The van der Waals surface area contributed by atoms with Crippen LogP contribution in [0, 0.1) is 0 Å². The normalized spacial score (nSPS) is 10.5. The topological polar surface area (TPSA) is 35.5 Å². The fourth-order valence-corrected chi connectivity index (χ4v) is 1.58. The van der Waals surface area contributed by atoms with Gasteiger partial charge in [0.15, 0.2) is 0 Å². The fourth-order valence-electron chi connectivity index (χ4n) is 1.58. The van der Waals surface area contributed by atoms with Crippen molar-refractivity contribution in [3.63, 3.8) is 0 Å². The second kappa shape index (κ2) is 11.5. The molecule has 0 aliphatic carbocycles. The van der Waals surface area contributed by atoms with Crippen LogP contribution in [0.4, 0.5) is 0 Å². The Hall–Kier alpha value is -1.03. The summed E-state index contributed by atoms with van der Waals surface area (Å²) in [5, 5.41) is 0. The molecule has 1 aromatic rings. The van der Waals surface area contributed by atoms with Crippen molar-refractivity contribution in [2.75, 3.05) is 0 Å². The van der Waals surface area contributed by atoms with Gasteiger partial charge in [-0.1, -0.05) is 41.9 Å². The quantitative estimate of drug-likeness (QED) is 0.511. The van der Waals surface area contributed by atoms with Gasteiger partial charge in [0, 0.05) is 11.2 Å². The Bertz CT molecular complexity index is 408. The van der Waals surface area contributed by atoms with Gasteiger partial charge in [-0.25, -0.2) is 0 Å². The number of esters is 1. The molecule has 1 aromatic carbocycles. The van der Waals surface area contributed by atoms with Crippen LogP contribution in [0.25, 0.3) is 0 Å². The molecule has 0 saturated heterocycles. The number of rotatable bonds is 6. The lowest BCUT2D eigenvalue weighted by atomic mass is 10.1. The van der Waals surface area contributed by atoms with E-state index in [0.29, 0.717) is 17.7 Å². The summed E-state index contributed by atoms with van der Waals surface area (Å²) in [5.41, 5.74) is 1.12. The number of hydrogen-bond acceptors (Lipinski definition) is 3. The van der Waals surface area contributed by atoms with Crippen molar-refractivity contribution >= 4 is 21.9 Å². The predicted molar refractivity (Wildman–Crippen MR) is 95.8 cm³/mol. The summed E-state index contributed by atoms with van der Waals surface area (Å²) < 4.78 is 10.6. The van der Waals surface area contributed by atoms with Gasteiger partial charge in [-0.3, -0.25) is 4.79 Å². The minimum absolute atomic E-state index is 0.0423. The van der Waals surface area contributed by atoms with E-state index in [0.717, 1.165) is 11.3 Å². The first-order valence-corrected chi connectivity index (χ1v) is 8.71. The van der Waals surface area contributed by atoms with Crippen molar-refractivity contribution in [1.29, 1.82) is 0 Å². The molecule has 0 aliphatic rings. The standard InChI is InChI=1S/C15H22O3.C3H7Br/c1-11(2)17-14-8-5-13(6-9-14)7-10-15(16)18-12(3)4;1-3(2)4/h5-6,8-9,11-12H,7,10H2,1-4H3;3H,1-2H3. The summed E-state index contributed by atoms with van der Waals surface area (Å²) in [6.07, 6.45) is 1.26. The Kier molecular flexibility index (Phi) is 11.0. The maximum Gasteiger partial charge on any atom is 0.306 e. The molecule has 0 N–H and O–H groups in total. The second-order valence-corrected chi connectivity index (χ2v) is 7.69. The zero-order valence-corrected chi connectivity index (χ0v) is 16.1. The zero-order valence-electron chi connectivity index (χ0n) is 14.6. The summed E-state index contributed by atoms with van der Waals surface area (Å²) in [7, 11) is 0. The van der Waals surface area contributed by atoms with E-state index in [1.807, 2.05) is 52.0 Å². The molecule has 0 unspecified atom stereocenters. The molecule has 0 aliphatic heterocycles. The van der Waals surface area contributed by atoms with E-state index < -0.39 is 0 Å². The Balaban J connectivity index is 0.000000980. The largest absolute Gasteiger partial charge is 0.491 e. The molecule has 0 saturated carbocycles. The number of hydrogen-bond donors (Lipinski definition) is 0. The van der Waals surface area contributed by atoms with Crippen molar-refractivity contribution < 1.29 is 14.3 Å². The first kappa shape index (κ1) is 21.0. The molecule has 22 heavy (non-hydrogen) atoms. The average Bonchev–Trinajstić information content (AvgIpc) is 2.36. The van der Waals surface area contributed by atoms with Gasteiger partial charge >= 0.3 is 5.97 Å². The van der Waals surface area contributed by atoms with Crippen LogP contribution < -0.4 is 4.74 Å². The van der Waals surface area contributed by atoms with Gasteiger partial charge in [0.05, 0.1) is 12.2 Å². The van der Waals surface area contributed by atoms with Gasteiger partial charge in [0.25, 0.3) is 0 Å². The van der Waals surface area contributed by atoms with Crippen LogP contribution in [0.5, 0.6) is 5.75 Å². The molecular weight excluding hydrogens is 344 g/mol. The van der Waals surface area contributed by atoms with Gasteiger partial charge in [-0.2, -0.15) is 0 Å². The van der Waals surface area contributed by atoms with Crippen molar-refractivity contribution in [3.05, 3.63) is 29.8 Å². The Labute approximate surface area is 143 Å². The lowest BCUT2D eigenvalue weighted by molar-refractivity contribution is -0.147. The molecule has 0 amide bonds. The van der Waals surface area contributed by atoms with E-state index >= 15 is 0 Å². The third-order valence-electron chi connectivity index (χ3n) is 2.28. The number of carbonyl (C=O) groups is 1. The van der Waals surface area contributed by atoms with Gasteiger partial charge in [-0.15, -0.1) is 0 Å². The molecule has 126 valence electrons. The predicted octanol–water partition coefficient (Wildman–Crippen LogP) is 5.15. The first-order valence-electron chi connectivity index (χ1n) is 7.79. The highest BCUT2D eigenvalue weighted by Crippen LogP contribution is 2.15. The van der Waals surface area contributed by atoms with Gasteiger partial charge in [0.1, 0.15) is 5.75 Å². The van der Waals surface area contributed by atoms with E-state index in [-0.39, 0.29) is 18.2 Å². The number of ether oxygens (including phenoxy) is 2. The van der Waals surface area contributed by atoms with Crippen LogP contribution in [0.15, 0.2) is 24.3 Å². The van der Waals surface area contributed by atoms with Crippen LogP contribution in [-0.2, 0) is 16.0 Å². The number of alkyl halides is 1. The van der Waals surface area contributed by atoms with Gasteiger partial charge in [0.2, 0.25) is 0 Å². The summed E-state index contributed by atoms with van der Waals surface area (Å²) in [6, 6.07) is 7.84. The molecule has 0 heterocycles. The van der Waals surface area contributed by atoms with Crippen LogP contribution in [0.1, 0.15) is 53.5 Å². The molecule has 4 heteroatoms. The second-order valence-electron chi connectivity index (χ2n) is 5.86. The monoisotopic (exact) mass is 372 g/mol. The molecule has 0 atom stereocenters. The molecule has 0 aromatic heterocycles. The highest BCUT2D eigenvalue weighted by molar-refractivity contribution is 9.09. The van der Waals surface area contributed by atoms with Crippen molar-refractivity contribution in [3.8, 4) is 5.75 Å². The number of halogens is 1. The summed E-state index contributed by atoms with van der Waals surface area (Å²) >= 11 is 3.27. The highest BCUT2D eigenvalue weighted by Gasteiger charge is 2.06. The van der Waals surface area contributed by atoms with E-state index in [4.69, 9.17) is 9.47 Å². The number of aryl methyl sites for hydroxylation is 1. The lowest BCUT2D eigenvalue weighted by Crippen LogP contribution is -2.11. The Morgan fingerprint density at radius 2 is 1.50 bits per heavy atom. The van der Waals surface area contributed by atoms with Crippen molar-refractivity contribution in [1.82, 2.24) is 0 Å². The molecular formula is C18H29BrO3. The molecule has 0 bridgehead atoms. The molecule has 0 spiro atoms. The maximum atomic E-state index is 11.4. The zero-order chi connectivity index (χ0) is 17.1. The van der Waals surface area contributed by atoms with Crippen molar-refractivity contribution in [2.24, 2.45) is 0 Å². The summed E-state index contributed by atoms with van der Waals surface area (Å²) in [4.78, 5) is 12.0. The third-order valence-corrected chi connectivity index (χ3v) is 2.28. The first-order chi connectivity index (χ1) is 10.2. The minimum atomic E-state index is -0.146. The molecule has 0 fully saturated rings. The smallest absolute Gasteiger partial charge is 0.306 e. The Morgan fingerprint density at radius 3 is 1.91 bits per heavy atom. The van der Waals surface area contributed by atoms with Gasteiger partial charge < -0.3 is 9.47 Å². The van der Waals surface area contributed by atoms with Gasteiger partial charge in [-0.05, 0) is 51.8 Å². The van der Waals surface area contributed by atoms with Crippen LogP contribution in [0.2, 0.25) is 0 Å². The number of carbonyl (C=O) groups excluding carboxylic acids is 1. The van der Waals surface area contributed by atoms with E-state index in [1.165, 1.54) is 0 Å². The summed E-state index contributed by atoms with van der Waals surface area (Å²) in [6.45, 7) is 11.9. The van der Waals surface area contributed by atoms with Crippen LogP contribution in [0.3, 0.4) is 0 Å². The molecule has 3 nitrogen and oxygen atoms in total. The number of benzene rings is 1. The van der Waals surface area contributed by atoms with E-state index in [9.17, 15) is 4.79 Å². The summed E-state index contributed by atoms with van der Waals surface area (Å²) in [5.74, 6) is 0.714. The van der Waals surface area contributed by atoms with Crippen LogP contribution in [-0.4, -0.2) is 23.0 Å². The average molecular weight is 373 g/mol. The minimum Gasteiger partial charge on any atom is -0.491 e. The maximum absolute atomic E-state index is 11.4. The Morgan fingerprint density at radius 1 is 1.00 bits per heavy atom. The molecule has 1 rings (SSSR count). The highest BCUT2D eigenvalue weighted by atomic mass is 79.9. The fraction of sp³-hybridized carbons (Fsp3) is 0.611. The van der Waals surface area contributed by atoms with E-state index in [1.54, 1.807) is 0 Å².